The normalized spacial score (nSPS) is 14.9. The number of thioether (sulfide) groups is 1. The maximum atomic E-state index is 14.1. The van der Waals surface area contributed by atoms with Crippen molar-refractivity contribution in [1.82, 2.24) is 4.90 Å². The standard InChI is InChI=1S/C24H17ClFNO5S/c1-2-31-23(29)15-8-6-14(7-9-15)20-11-10-16(32-20)12-21-22(28)27(24(30)33-21)13-17-18(25)4-3-5-19(17)26/h3-12H,2,13H2,1H3/b21-12-. The Morgan fingerprint density at radius 3 is 2.61 bits per heavy atom. The van der Waals surface area contributed by atoms with E-state index in [2.05, 4.69) is 0 Å². The minimum absolute atomic E-state index is 0.0780. The number of rotatable bonds is 6. The maximum Gasteiger partial charge on any atom is 0.338 e. The molecular weight excluding hydrogens is 469 g/mol. The van der Waals surface area contributed by atoms with Crippen LogP contribution in [0.15, 0.2) is 63.9 Å². The molecule has 0 unspecified atom stereocenters. The Morgan fingerprint density at radius 2 is 1.91 bits per heavy atom. The van der Waals surface area contributed by atoms with Crippen LogP contribution in [-0.2, 0) is 16.1 Å². The van der Waals surface area contributed by atoms with Crippen LogP contribution in [0.3, 0.4) is 0 Å². The summed E-state index contributed by atoms with van der Waals surface area (Å²) in [5.41, 5.74) is 1.23. The number of carbonyl (C=O) groups excluding carboxylic acids is 3. The van der Waals surface area contributed by atoms with Crippen LogP contribution >= 0.6 is 23.4 Å². The van der Waals surface area contributed by atoms with Gasteiger partial charge in [-0.25, -0.2) is 9.18 Å². The molecule has 1 aromatic heterocycles. The number of hydrogen-bond acceptors (Lipinski definition) is 6. The largest absolute Gasteiger partial charge is 0.462 e. The van der Waals surface area contributed by atoms with Gasteiger partial charge >= 0.3 is 5.97 Å². The fraction of sp³-hybridized carbons (Fsp3) is 0.125. The van der Waals surface area contributed by atoms with Crippen molar-refractivity contribution < 1.29 is 27.9 Å². The molecule has 2 heterocycles. The molecule has 6 nitrogen and oxygen atoms in total. The summed E-state index contributed by atoms with van der Waals surface area (Å²) < 4.78 is 24.8. The monoisotopic (exact) mass is 485 g/mol. The predicted molar refractivity (Wildman–Crippen MR) is 123 cm³/mol. The molecule has 168 valence electrons. The van der Waals surface area contributed by atoms with E-state index in [1.54, 1.807) is 43.3 Å². The van der Waals surface area contributed by atoms with Crippen LogP contribution in [-0.4, -0.2) is 28.6 Å². The van der Waals surface area contributed by atoms with Crippen molar-refractivity contribution in [3.8, 4) is 11.3 Å². The molecule has 33 heavy (non-hydrogen) atoms. The fourth-order valence-corrected chi connectivity index (χ4v) is 4.22. The van der Waals surface area contributed by atoms with Crippen LogP contribution in [0.4, 0.5) is 9.18 Å². The Bertz CT molecular complexity index is 1250. The second kappa shape index (κ2) is 9.64. The van der Waals surface area contributed by atoms with E-state index >= 15 is 0 Å². The highest BCUT2D eigenvalue weighted by Crippen LogP contribution is 2.35. The van der Waals surface area contributed by atoms with Gasteiger partial charge < -0.3 is 9.15 Å². The van der Waals surface area contributed by atoms with E-state index in [4.69, 9.17) is 20.8 Å². The van der Waals surface area contributed by atoms with Gasteiger partial charge in [-0.05, 0) is 55.1 Å². The third-order valence-corrected chi connectivity index (χ3v) is 6.09. The van der Waals surface area contributed by atoms with Crippen molar-refractivity contribution >= 4 is 46.6 Å². The molecular formula is C24H17ClFNO5S. The molecule has 0 bridgehead atoms. The summed E-state index contributed by atoms with van der Waals surface area (Å²) in [6.45, 7) is 1.77. The third kappa shape index (κ3) is 4.86. The van der Waals surface area contributed by atoms with Gasteiger partial charge in [0.25, 0.3) is 11.1 Å². The van der Waals surface area contributed by atoms with Crippen molar-refractivity contribution in [2.24, 2.45) is 0 Å². The van der Waals surface area contributed by atoms with Crippen molar-refractivity contribution in [2.45, 2.75) is 13.5 Å². The van der Waals surface area contributed by atoms with Gasteiger partial charge in [-0.3, -0.25) is 14.5 Å². The van der Waals surface area contributed by atoms with Crippen LogP contribution in [0, 0.1) is 5.82 Å². The summed E-state index contributed by atoms with van der Waals surface area (Å²) in [7, 11) is 0. The Labute approximate surface area is 198 Å². The second-order valence-corrected chi connectivity index (χ2v) is 8.37. The van der Waals surface area contributed by atoms with Crippen molar-refractivity contribution in [1.29, 1.82) is 0 Å². The number of ether oxygens (including phenoxy) is 1. The highest BCUT2D eigenvalue weighted by atomic mass is 35.5. The molecule has 9 heteroatoms. The van der Waals surface area contributed by atoms with E-state index in [9.17, 15) is 18.8 Å². The minimum Gasteiger partial charge on any atom is -0.462 e. The molecule has 2 amide bonds. The van der Waals surface area contributed by atoms with Gasteiger partial charge in [0.1, 0.15) is 17.3 Å². The second-order valence-electron chi connectivity index (χ2n) is 6.97. The highest BCUT2D eigenvalue weighted by molar-refractivity contribution is 8.18. The first kappa shape index (κ1) is 22.8. The summed E-state index contributed by atoms with van der Waals surface area (Å²) in [4.78, 5) is 38.0. The minimum atomic E-state index is -0.588. The number of halogens is 2. The lowest BCUT2D eigenvalue weighted by Crippen LogP contribution is -2.28. The van der Waals surface area contributed by atoms with E-state index in [1.165, 1.54) is 24.3 Å². The lowest BCUT2D eigenvalue weighted by atomic mass is 10.1. The number of imide groups is 1. The zero-order valence-electron chi connectivity index (χ0n) is 17.3. The van der Waals surface area contributed by atoms with Crippen LogP contribution in [0.5, 0.6) is 0 Å². The summed E-state index contributed by atoms with van der Waals surface area (Å²) in [6.07, 6.45) is 1.46. The lowest BCUT2D eigenvalue weighted by molar-refractivity contribution is -0.123. The first-order chi connectivity index (χ1) is 15.9. The highest BCUT2D eigenvalue weighted by Gasteiger charge is 2.36. The molecule has 3 aromatic rings. The number of nitrogens with zero attached hydrogens (tertiary/aromatic N) is 1. The van der Waals surface area contributed by atoms with E-state index in [-0.39, 0.29) is 22.0 Å². The Hall–Kier alpha value is -3.36. The molecule has 0 saturated carbocycles. The van der Waals surface area contributed by atoms with Gasteiger partial charge in [0, 0.05) is 22.2 Å². The average Bonchev–Trinajstić information content (AvgIpc) is 3.36. The topological polar surface area (TPSA) is 76.8 Å². The van der Waals surface area contributed by atoms with E-state index in [0.717, 1.165) is 22.2 Å². The van der Waals surface area contributed by atoms with Crippen LogP contribution < -0.4 is 0 Å². The quantitative estimate of drug-likeness (QED) is 0.308. The summed E-state index contributed by atoms with van der Waals surface area (Å²) in [5, 5.41) is -0.380. The molecule has 0 spiro atoms. The van der Waals surface area contributed by atoms with Crippen molar-refractivity contribution in [3.05, 3.63) is 87.2 Å². The van der Waals surface area contributed by atoms with Crippen LogP contribution in [0.1, 0.15) is 28.6 Å². The molecule has 2 aromatic carbocycles. The van der Waals surface area contributed by atoms with E-state index in [1.807, 2.05) is 0 Å². The predicted octanol–water partition coefficient (Wildman–Crippen LogP) is 6.15. The number of hydrogen-bond donors (Lipinski definition) is 0. The Morgan fingerprint density at radius 1 is 1.15 bits per heavy atom. The number of benzene rings is 2. The summed E-state index contributed by atoms with van der Waals surface area (Å²) in [5.74, 6) is -0.657. The summed E-state index contributed by atoms with van der Waals surface area (Å²) in [6, 6.07) is 14.3. The van der Waals surface area contributed by atoms with Gasteiger partial charge in [-0.1, -0.05) is 29.8 Å². The molecule has 0 atom stereocenters. The zero-order chi connectivity index (χ0) is 23.5. The van der Waals surface area contributed by atoms with Crippen molar-refractivity contribution in [3.63, 3.8) is 0 Å². The molecule has 1 fully saturated rings. The van der Waals surface area contributed by atoms with Crippen LogP contribution in [0.25, 0.3) is 17.4 Å². The maximum absolute atomic E-state index is 14.1. The van der Waals surface area contributed by atoms with Gasteiger partial charge in [0.15, 0.2) is 0 Å². The lowest BCUT2D eigenvalue weighted by Gasteiger charge is -2.14. The molecule has 0 aliphatic carbocycles. The molecule has 1 aliphatic rings. The number of furan rings is 1. The Balaban J connectivity index is 1.51. The molecule has 1 aliphatic heterocycles. The van der Waals surface area contributed by atoms with E-state index < -0.39 is 22.9 Å². The van der Waals surface area contributed by atoms with Gasteiger partial charge in [0.2, 0.25) is 0 Å². The molecule has 0 radical (unpaired) electrons. The third-order valence-electron chi connectivity index (χ3n) is 4.83. The van der Waals surface area contributed by atoms with Crippen molar-refractivity contribution in [2.75, 3.05) is 6.61 Å². The van der Waals surface area contributed by atoms with Gasteiger partial charge in [-0.15, -0.1) is 0 Å². The summed E-state index contributed by atoms with van der Waals surface area (Å²) >= 11 is 6.77. The SMILES string of the molecule is CCOC(=O)c1ccc(-c2ccc(/C=C3\SC(=O)N(Cc4c(F)cccc4Cl)C3=O)o2)cc1. The number of amides is 2. The molecule has 0 N–H and O–H groups in total. The van der Waals surface area contributed by atoms with Crippen LogP contribution in [0.2, 0.25) is 5.02 Å². The smallest absolute Gasteiger partial charge is 0.338 e. The zero-order valence-corrected chi connectivity index (χ0v) is 18.9. The average molecular weight is 486 g/mol. The van der Waals surface area contributed by atoms with Gasteiger partial charge in [0.05, 0.1) is 23.6 Å². The number of esters is 1. The number of carbonyl (C=O) groups is 3. The first-order valence-electron chi connectivity index (χ1n) is 9.93. The van der Waals surface area contributed by atoms with E-state index in [0.29, 0.717) is 23.7 Å². The molecule has 4 rings (SSSR count). The van der Waals surface area contributed by atoms with Gasteiger partial charge in [-0.2, -0.15) is 0 Å². The Kier molecular flexibility index (Phi) is 6.67. The molecule has 1 saturated heterocycles. The first-order valence-corrected chi connectivity index (χ1v) is 11.1. The fourth-order valence-electron chi connectivity index (χ4n) is 3.18.